The Balaban J connectivity index is 1.42. The van der Waals surface area contributed by atoms with E-state index >= 15 is 0 Å². The van der Waals surface area contributed by atoms with E-state index in [4.69, 9.17) is 9.26 Å². The second-order valence-corrected chi connectivity index (χ2v) is 7.28. The minimum atomic E-state index is -0.981. The average molecular weight is 409 g/mol. The largest absolute Gasteiger partial charge is 0.365 e. The minimum Gasteiger partial charge on any atom is -0.365 e. The van der Waals surface area contributed by atoms with E-state index in [9.17, 15) is 8.78 Å². The molecule has 0 saturated heterocycles. The second-order valence-electron chi connectivity index (χ2n) is 7.28. The second kappa shape index (κ2) is 7.10. The van der Waals surface area contributed by atoms with Gasteiger partial charge in [0, 0.05) is 5.56 Å². The Morgan fingerprint density at radius 2 is 1.93 bits per heavy atom. The van der Waals surface area contributed by atoms with Crippen molar-refractivity contribution in [1.29, 1.82) is 0 Å². The Labute approximate surface area is 170 Å². The van der Waals surface area contributed by atoms with E-state index in [2.05, 4.69) is 52.5 Å². The highest BCUT2D eigenvalue weighted by Gasteiger charge is 2.28. The Morgan fingerprint density at radius 3 is 2.73 bits per heavy atom. The Hall–Kier alpha value is -3.46. The molecule has 4 aromatic rings. The van der Waals surface area contributed by atoms with E-state index in [1.54, 1.807) is 4.68 Å². The van der Waals surface area contributed by atoms with Crippen LogP contribution in [-0.2, 0) is 17.9 Å². The van der Waals surface area contributed by atoms with Crippen molar-refractivity contribution < 1.29 is 18.0 Å². The maximum atomic E-state index is 13.5. The molecule has 0 unspecified atom stereocenters. The number of ether oxygens (including phenoxy) is 1. The number of benzene rings is 2. The zero-order valence-corrected chi connectivity index (χ0v) is 16.3. The lowest BCUT2D eigenvalue weighted by atomic mass is 10.0. The van der Waals surface area contributed by atoms with Crippen LogP contribution in [0.4, 0.5) is 8.78 Å². The van der Waals surface area contributed by atoms with Crippen LogP contribution < -0.4 is 0 Å². The van der Waals surface area contributed by atoms with Crippen molar-refractivity contribution in [1.82, 2.24) is 25.1 Å². The van der Waals surface area contributed by atoms with Gasteiger partial charge in [0.15, 0.2) is 17.3 Å². The first kappa shape index (κ1) is 18.6. The Kier molecular flexibility index (Phi) is 4.39. The number of rotatable bonds is 3. The van der Waals surface area contributed by atoms with E-state index in [0.29, 0.717) is 17.8 Å². The molecular weight excluding hydrogens is 392 g/mol. The molecular formula is C21H17F2N5O2. The number of hydrogen-bond donors (Lipinski definition) is 0. The summed E-state index contributed by atoms with van der Waals surface area (Å²) in [6, 6.07) is 9.67. The summed E-state index contributed by atoms with van der Waals surface area (Å²) in [6.45, 7) is 4.91. The monoisotopic (exact) mass is 409 g/mol. The molecule has 1 atom stereocenters. The van der Waals surface area contributed by atoms with Crippen LogP contribution in [0.5, 0.6) is 0 Å². The van der Waals surface area contributed by atoms with Crippen molar-refractivity contribution >= 4 is 0 Å². The fourth-order valence-corrected chi connectivity index (χ4v) is 3.62. The third-order valence-electron chi connectivity index (χ3n) is 5.18. The van der Waals surface area contributed by atoms with Crippen LogP contribution in [0.15, 0.2) is 40.9 Å². The average Bonchev–Trinajstić information content (AvgIpc) is 3.36. The summed E-state index contributed by atoms with van der Waals surface area (Å²) < 4.78 is 39.8. The van der Waals surface area contributed by atoms with Gasteiger partial charge in [-0.3, -0.25) is 0 Å². The third kappa shape index (κ3) is 3.17. The summed E-state index contributed by atoms with van der Waals surface area (Å²) in [5.74, 6) is -1.64. The van der Waals surface area contributed by atoms with Gasteiger partial charge in [-0.2, -0.15) is 4.98 Å². The first-order valence-corrected chi connectivity index (χ1v) is 9.40. The van der Waals surface area contributed by atoms with Gasteiger partial charge in [-0.1, -0.05) is 34.1 Å². The van der Waals surface area contributed by atoms with Crippen molar-refractivity contribution in [2.45, 2.75) is 33.1 Å². The number of aryl methyl sites for hydroxylation is 2. The SMILES string of the molecule is Cc1ccc([C@@H]2Cn3nnc(-c4nc(-c5ccc(F)c(F)c5)no4)c3CO2)c(C)c1. The van der Waals surface area contributed by atoms with Gasteiger partial charge in [0.2, 0.25) is 5.82 Å². The molecule has 0 saturated carbocycles. The quantitative estimate of drug-likeness (QED) is 0.506. The number of hydrogen-bond acceptors (Lipinski definition) is 6. The molecule has 0 N–H and O–H groups in total. The maximum Gasteiger partial charge on any atom is 0.280 e. The van der Waals surface area contributed by atoms with E-state index < -0.39 is 11.6 Å². The molecule has 0 aliphatic carbocycles. The minimum absolute atomic E-state index is 0.131. The number of nitrogens with zero attached hydrogens (tertiary/aromatic N) is 5. The third-order valence-corrected chi connectivity index (χ3v) is 5.18. The summed E-state index contributed by atoms with van der Waals surface area (Å²) in [7, 11) is 0. The normalized spacial score (nSPS) is 15.9. The highest BCUT2D eigenvalue weighted by molar-refractivity contribution is 5.58. The van der Waals surface area contributed by atoms with Crippen LogP contribution in [0, 0.1) is 25.5 Å². The molecule has 3 heterocycles. The maximum absolute atomic E-state index is 13.5. The first-order valence-electron chi connectivity index (χ1n) is 9.40. The van der Waals surface area contributed by atoms with Gasteiger partial charge in [-0.05, 0) is 43.2 Å². The molecule has 0 bridgehead atoms. The molecule has 30 heavy (non-hydrogen) atoms. The number of halogens is 2. The Morgan fingerprint density at radius 1 is 1.07 bits per heavy atom. The summed E-state index contributed by atoms with van der Waals surface area (Å²) in [6.07, 6.45) is -0.131. The topological polar surface area (TPSA) is 78.9 Å². The van der Waals surface area contributed by atoms with E-state index in [0.717, 1.165) is 29.0 Å². The van der Waals surface area contributed by atoms with Gasteiger partial charge in [-0.25, -0.2) is 13.5 Å². The number of aromatic nitrogens is 5. The molecule has 5 rings (SSSR count). The Bertz CT molecular complexity index is 1250. The summed E-state index contributed by atoms with van der Waals surface area (Å²) >= 11 is 0. The predicted octanol–water partition coefficient (Wildman–Crippen LogP) is 4.16. The van der Waals surface area contributed by atoms with Gasteiger partial charge >= 0.3 is 0 Å². The van der Waals surface area contributed by atoms with Crippen LogP contribution in [0.3, 0.4) is 0 Å². The lowest BCUT2D eigenvalue weighted by Crippen LogP contribution is -2.22. The van der Waals surface area contributed by atoms with Crippen LogP contribution >= 0.6 is 0 Å². The molecule has 7 nitrogen and oxygen atoms in total. The molecule has 0 radical (unpaired) electrons. The summed E-state index contributed by atoms with van der Waals surface area (Å²) in [5, 5.41) is 12.2. The summed E-state index contributed by atoms with van der Waals surface area (Å²) in [4.78, 5) is 4.26. The van der Waals surface area contributed by atoms with Gasteiger partial charge in [0.1, 0.15) is 6.10 Å². The lowest BCUT2D eigenvalue weighted by Gasteiger charge is -2.25. The molecule has 152 valence electrons. The number of fused-ring (bicyclic) bond motifs is 1. The first-order chi connectivity index (χ1) is 14.5. The van der Waals surface area contributed by atoms with Crippen LogP contribution in [-0.4, -0.2) is 25.1 Å². The van der Waals surface area contributed by atoms with E-state index in [1.165, 1.54) is 11.6 Å². The van der Waals surface area contributed by atoms with Crippen LogP contribution in [0.1, 0.15) is 28.5 Å². The zero-order chi connectivity index (χ0) is 20.8. The zero-order valence-electron chi connectivity index (χ0n) is 16.3. The van der Waals surface area contributed by atoms with Crippen molar-refractivity contribution in [2.75, 3.05) is 0 Å². The molecule has 2 aromatic carbocycles. The van der Waals surface area contributed by atoms with Crippen LogP contribution in [0.2, 0.25) is 0 Å². The van der Waals surface area contributed by atoms with Gasteiger partial charge in [0.05, 0.1) is 18.8 Å². The molecule has 0 spiro atoms. The van der Waals surface area contributed by atoms with E-state index in [-0.39, 0.29) is 24.4 Å². The highest BCUT2D eigenvalue weighted by Crippen LogP contribution is 2.32. The standard InChI is InChI=1S/C21H17F2N5O2/c1-11-3-5-14(12(2)7-11)18-9-28-17(10-29-18)19(25-27-28)21-24-20(26-30-21)13-4-6-15(22)16(23)8-13/h3-8,18H,9-10H2,1-2H3/t18-/m0/s1. The van der Waals surface area contributed by atoms with Crippen molar-refractivity contribution in [3.05, 3.63) is 70.4 Å². The van der Waals surface area contributed by atoms with Gasteiger partial charge < -0.3 is 9.26 Å². The molecule has 9 heteroatoms. The predicted molar refractivity (Wildman–Crippen MR) is 102 cm³/mol. The molecule has 2 aromatic heterocycles. The lowest BCUT2D eigenvalue weighted by molar-refractivity contribution is -0.00153. The van der Waals surface area contributed by atoms with Gasteiger partial charge in [0.25, 0.3) is 5.89 Å². The fraction of sp³-hybridized carbons (Fsp3) is 0.238. The van der Waals surface area contributed by atoms with Gasteiger partial charge in [-0.15, -0.1) is 5.10 Å². The van der Waals surface area contributed by atoms with Crippen molar-refractivity contribution in [2.24, 2.45) is 0 Å². The fourth-order valence-electron chi connectivity index (χ4n) is 3.62. The van der Waals surface area contributed by atoms with Crippen molar-refractivity contribution in [3.63, 3.8) is 0 Å². The molecule has 1 aliphatic rings. The van der Waals surface area contributed by atoms with E-state index in [1.807, 2.05) is 0 Å². The molecule has 0 fully saturated rings. The molecule has 0 amide bonds. The van der Waals surface area contributed by atoms with Crippen LogP contribution in [0.25, 0.3) is 23.0 Å². The highest BCUT2D eigenvalue weighted by atomic mass is 19.2. The smallest absolute Gasteiger partial charge is 0.280 e. The molecule has 1 aliphatic heterocycles. The summed E-state index contributed by atoms with van der Waals surface area (Å²) in [5.41, 5.74) is 4.91. The van der Waals surface area contributed by atoms with Crippen molar-refractivity contribution in [3.8, 4) is 23.0 Å².